The number of para-hydroxylation sites is 1. The maximum Gasteiger partial charge on any atom is 0.412 e. The van der Waals surface area contributed by atoms with E-state index in [-0.39, 0.29) is 18.8 Å². The first-order chi connectivity index (χ1) is 16.5. The van der Waals surface area contributed by atoms with Crippen LogP contribution >= 0.6 is 15.9 Å². The predicted octanol–water partition coefficient (Wildman–Crippen LogP) is 6.43. The van der Waals surface area contributed by atoms with Gasteiger partial charge in [0.25, 0.3) is 0 Å². The van der Waals surface area contributed by atoms with Crippen LogP contribution < -0.4 is 10.1 Å². The van der Waals surface area contributed by atoms with Crippen LogP contribution in [0.15, 0.2) is 95.5 Å². The van der Waals surface area contributed by atoms with Gasteiger partial charge < -0.3 is 19.7 Å². The van der Waals surface area contributed by atoms with Crippen molar-refractivity contribution in [2.24, 2.45) is 0 Å². The quantitative estimate of drug-likeness (QED) is 0.248. The number of amides is 1. The lowest BCUT2D eigenvalue weighted by atomic mass is 9.95. The van der Waals surface area contributed by atoms with E-state index in [0.29, 0.717) is 22.4 Å². The van der Waals surface area contributed by atoms with Gasteiger partial charge in [-0.05, 0) is 47.9 Å². The van der Waals surface area contributed by atoms with Gasteiger partial charge in [0.05, 0.1) is 0 Å². The molecule has 174 valence electrons. The van der Waals surface area contributed by atoms with Crippen molar-refractivity contribution in [2.45, 2.75) is 18.6 Å². The van der Waals surface area contributed by atoms with Gasteiger partial charge in [-0.15, -0.1) is 0 Å². The van der Waals surface area contributed by atoms with E-state index >= 15 is 0 Å². The molecule has 0 bridgehead atoms. The van der Waals surface area contributed by atoms with Crippen LogP contribution in [0.5, 0.6) is 11.5 Å². The van der Waals surface area contributed by atoms with E-state index in [9.17, 15) is 15.0 Å². The van der Waals surface area contributed by atoms with Crippen LogP contribution in [0.2, 0.25) is 0 Å². The molecule has 0 aliphatic carbocycles. The maximum atomic E-state index is 12.9. The summed E-state index contributed by atoms with van der Waals surface area (Å²) < 4.78 is 13.0. The lowest BCUT2D eigenvalue weighted by molar-refractivity contribution is 0.00983. The van der Waals surface area contributed by atoms with Gasteiger partial charge in [0.15, 0.2) is 6.10 Å². The average molecular weight is 522 g/mol. The molecule has 0 fully saturated rings. The van der Waals surface area contributed by atoms with Crippen LogP contribution in [-0.4, -0.2) is 29.0 Å². The lowest BCUT2D eigenvalue weighted by Crippen LogP contribution is -2.32. The number of hydrogen-bond acceptors (Lipinski definition) is 5. The van der Waals surface area contributed by atoms with Crippen LogP contribution in [0.3, 0.4) is 0 Å². The van der Waals surface area contributed by atoms with Crippen LogP contribution in [0.4, 0.5) is 10.5 Å². The summed E-state index contributed by atoms with van der Waals surface area (Å²) in [7, 11) is 0. The fraction of sp³-hybridized carbons (Fsp3) is 0.148. The van der Waals surface area contributed by atoms with E-state index in [1.54, 1.807) is 42.5 Å². The van der Waals surface area contributed by atoms with Gasteiger partial charge in [-0.2, -0.15) is 0 Å². The molecule has 4 aromatic carbocycles. The molecule has 0 spiro atoms. The molecule has 34 heavy (non-hydrogen) atoms. The Hall–Kier alpha value is -3.55. The molecule has 0 unspecified atom stereocenters. The largest absolute Gasteiger partial charge is 0.507 e. The molecule has 0 aliphatic rings. The SMILES string of the molecule is O=C(Nc1ccc(Br)cc1)O[C@H](c1ccc(O)c2ccccc12)[C@@H](CCO)Oc1ccccc1. The van der Waals surface area contributed by atoms with Gasteiger partial charge in [-0.3, -0.25) is 5.32 Å². The number of nitrogens with one attached hydrogen (secondary N) is 1. The summed E-state index contributed by atoms with van der Waals surface area (Å²) in [5, 5.41) is 24.2. The van der Waals surface area contributed by atoms with Crippen molar-refractivity contribution in [3.8, 4) is 11.5 Å². The number of halogens is 1. The number of carbonyl (C=O) groups excluding carboxylic acids is 1. The molecule has 4 rings (SSSR count). The number of ether oxygens (including phenoxy) is 2. The van der Waals surface area contributed by atoms with Gasteiger partial charge in [-0.25, -0.2) is 4.79 Å². The molecule has 0 aliphatic heterocycles. The average Bonchev–Trinajstić information content (AvgIpc) is 2.85. The highest BCUT2D eigenvalue weighted by Crippen LogP contribution is 2.36. The Morgan fingerprint density at radius 1 is 0.882 bits per heavy atom. The first kappa shape index (κ1) is 23.6. The topological polar surface area (TPSA) is 88.0 Å². The zero-order valence-corrected chi connectivity index (χ0v) is 19.8. The first-order valence-electron chi connectivity index (χ1n) is 10.8. The number of aliphatic hydroxyl groups is 1. The van der Waals surface area contributed by atoms with Crippen molar-refractivity contribution >= 4 is 38.5 Å². The number of anilines is 1. The number of hydrogen-bond donors (Lipinski definition) is 3. The molecule has 7 heteroatoms. The molecule has 1 amide bonds. The molecule has 0 aromatic heterocycles. The van der Waals surface area contributed by atoms with Crippen LogP contribution in [0.1, 0.15) is 18.1 Å². The summed E-state index contributed by atoms with van der Waals surface area (Å²) in [6.07, 6.45) is -1.99. The minimum absolute atomic E-state index is 0.125. The Bertz CT molecular complexity index is 1250. The van der Waals surface area contributed by atoms with E-state index in [2.05, 4.69) is 21.2 Å². The third-order valence-electron chi connectivity index (χ3n) is 5.35. The second kappa shape index (κ2) is 11.0. The van der Waals surface area contributed by atoms with Crippen molar-refractivity contribution < 1.29 is 24.5 Å². The van der Waals surface area contributed by atoms with E-state index in [4.69, 9.17) is 9.47 Å². The Morgan fingerprint density at radius 3 is 2.26 bits per heavy atom. The summed E-state index contributed by atoms with van der Waals surface area (Å²) in [6, 6.07) is 26.9. The van der Waals surface area contributed by atoms with Crippen molar-refractivity contribution in [1.29, 1.82) is 0 Å². The van der Waals surface area contributed by atoms with E-state index in [1.165, 1.54) is 0 Å². The first-order valence-corrected chi connectivity index (χ1v) is 11.6. The summed E-state index contributed by atoms with van der Waals surface area (Å²) in [6.45, 7) is -0.165. The van der Waals surface area contributed by atoms with Gasteiger partial charge in [-0.1, -0.05) is 64.5 Å². The third kappa shape index (κ3) is 5.68. The zero-order valence-electron chi connectivity index (χ0n) is 18.2. The highest BCUT2D eigenvalue weighted by Gasteiger charge is 2.30. The maximum absolute atomic E-state index is 12.9. The Morgan fingerprint density at radius 2 is 1.56 bits per heavy atom. The molecule has 0 saturated carbocycles. The Balaban J connectivity index is 1.71. The normalized spacial score (nSPS) is 12.6. The number of benzene rings is 4. The van der Waals surface area contributed by atoms with Crippen molar-refractivity contribution in [1.82, 2.24) is 0 Å². The second-order valence-corrected chi connectivity index (χ2v) is 8.57. The number of aliphatic hydroxyl groups excluding tert-OH is 1. The fourth-order valence-electron chi connectivity index (χ4n) is 3.76. The standard InChI is InChI=1S/C27H24BrNO5/c28-18-10-12-19(13-11-18)29-27(32)34-26(25(16-17-30)33-20-6-2-1-3-7-20)23-14-15-24(31)22-9-5-4-8-21(22)23/h1-15,25-26,30-31H,16-17H2,(H,29,32)/t25-,26-/m1/s1. The van der Waals surface area contributed by atoms with Crippen molar-refractivity contribution in [3.05, 3.63) is 101 Å². The summed E-state index contributed by atoms with van der Waals surface area (Å²) >= 11 is 3.37. The molecule has 2 atom stereocenters. The summed E-state index contributed by atoms with van der Waals surface area (Å²) in [4.78, 5) is 12.9. The van der Waals surface area contributed by atoms with E-state index in [1.807, 2.05) is 48.5 Å². The summed E-state index contributed by atoms with van der Waals surface area (Å²) in [5.74, 6) is 0.714. The minimum atomic E-state index is -0.867. The molecule has 0 saturated heterocycles. The number of rotatable bonds is 8. The molecule has 3 N–H and O–H groups in total. The monoisotopic (exact) mass is 521 g/mol. The summed E-state index contributed by atoms with van der Waals surface area (Å²) in [5.41, 5.74) is 1.24. The van der Waals surface area contributed by atoms with Gasteiger partial charge in [0.1, 0.15) is 17.6 Å². The van der Waals surface area contributed by atoms with Crippen LogP contribution in [0.25, 0.3) is 10.8 Å². The molecular weight excluding hydrogens is 498 g/mol. The van der Waals surface area contributed by atoms with Crippen molar-refractivity contribution in [2.75, 3.05) is 11.9 Å². The molecule has 0 radical (unpaired) electrons. The van der Waals surface area contributed by atoms with Gasteiger partial charge in [0, 0.05) is 34.1 Å². The Labute approximate surface area is 205 Å². The minimum Gasteiger partial charge on any atom is -0.507 e. The number of fused-ring (bicyclic) bond motifs is 1. The fourth-order valence-corrected chi connectivity index (χ4v) is 4.03. The van der Waals surface area contributed by atoms with Crippen molar-refractivity contribution in [3.63, 3.8) is 0 Å². The lowest BCUT2D eigenvalue weighted by Gasteiger charge is -2.29. The number of phenols is 1. The molecule has 4 aromatic rings. The van der Waals surface area contributed by atoms with E-state index < -0.39 is 18.3 Å². The third-order valence-corrected chi connectivity index (χ3v) is 5.88. The predicted molar refractivity (Wildman–Crippen MR) is 135 cm³/mol. The smallest absolute Gasteiger partial charge is 0.412 e. The number of phenolic OH excluding ortho intramolecular Hbond substituents is 1. The second-order valence-electron chi connectivity index (χ2n) is 7.66. The Kier molecular flexibility index (Phi) is 7.67. The highest BCUT2D eigenvalue weighted by atomic mass is 79.9. The van der Waals surface area contributed by atoms with Crippen LogP contribution in [0, 0.1) is 0 Å². The molecule has 6 nitrogen and oxygen atoms in total. The van der Waals surface area contributed by atoms with Crippen LogP contribution in [-0.2, 0) is 4.74 Å². The van der Waals surface area contributed by atoms with E-state index in [0.717, 1.165) is 9.86 Å². The molecule has 0 heterocycles. The molecular formula is C27H24BrNO5. The van der Waals surface area contributed by atoms with Gasteiger partial charge in [0.2, 0.25) is 0 Å². The van der Waals surface area contributed by atoms with Gasteiger partial charge >= 0.3 is 6.09 Å². The number of aromatic hydroxyl groups is 1. The number of carbonyl (C=O) groups is 1. The highest BCUT2D eigenvalue weighted by molar-refractivity contribution is 9.10. The zero-order chi connectivity index (χ0) is 23.9.